The predicted octanol–water partition coefficient (Wildman–Crippen LogP) is 3.28. The van der Waals surface area contributed by atoms with Crippen LogP contribution in [0.3, 0.4) is 0 Å². The Kier molecular flexibility index (Phi) is 6.42. The van der Waals surface area contributed by atoms with Crippen LogP contribution in [0.5, 0.6) is 28.7 Å². The molecule has 0 aromatic heterocycles. The lowest BCUT2D eigenvalue weighted by Crippen LogP contribution is -2.16. The van der Waals surface area contributed by atoms with Gasteiger partial charge in [-0.1, -0.05) is 0 Å². The Morgan fingerprint density at radius 3 is 1.10 bits per heavy atom. The van der Waals surface area contributed by atoms with Crippen LogP contribution in [0.2, 0.25) is 0 Å². The second kappa shape index (κ2) is 7.42. The molecule has 1 rings (SSSR count). The van der Waals surface area contributed by atoms with E-state index in [1.54, 1.807) is 0 Å². The summed E-state index contributed by atoms with van der Waals surface area (Å²) in [6.45, 7) is 0. The maximum Gasteiger partial charge on any atom is 0.211 e. The number of methoxy groups -OCH3 is 6. The first-order valence-corrected chi connectivity index (χ1v) is 7.39. The highest BCUT2D eigenvalue weighted by Crippen LogP contribution is 2.59. The molecule has 1 aromatic carbocycles. The molecule has 0 heterocycles. The first kappa shape index (κ1) is 18.2. The number of halogens is 2. The lowest BCUT2D eigenvalue weighted by atomic mass is 10.1. The van der Waals surface area contributed by atoms with Gasteiger partial charge in [0.15, 0.2) is 11.5 Å². The molecule has 1 aromatic rings. The van der Waals surface area contributed by atoms with Crippen LogP contribution in [-0.4, -0.2) is 42.7 Å². The summed E-state index contributed by atoms with van der Waals surface area (Å²) in [5.41, 5.74) is 0.518. The van der Waals surface area contributed by atoms with Crippen LogP contribution in [0.4, 0.5) is 0 Å². The highest BCUT2D eigenvalue weighted by molar-refractivity contribution is 9.24. The molecule has 0 saturated heterocycles. The Labute approximate surface area is 140 Å². The standard InChI is InChI=1S/C13H18Br2O6/c1-16-8-7(13(14,15)21-6)9(17-2)11(19-4)12(20-5)10(8)18-3/h1-6H3. The maximum absolute atomic E-state index is 5.46. The molecule has 6 nitrogen and oxygen atoms in total. The third kappa shape index (κ3) is 3.17. The van der Waals surface area contributed by atoms with Crippen molar-refractivity contribution in [3.05, 3.63) is 5.56 Å². The highest BCUT2D eigenvalue weighted by Gasteiger charge is 2.39. The number of hydrogen-bond acceptors (Lipinski definition) is 6. The van der Waals surface area contributed by atoms with Gasteiger partial charge in [-0.2, -0.15) is 0 Å². The zero-order valence-electron chi connectivity index (χ0n) is 12.7. The summed E-state index contributed by atoms with van der Waals surface area (Å²) < 4.78 is 31.4. The summed E-state index contributed by atoms with van der Waals surface area (Å²) >= 11 is 6.86. The van der Waals surface area contributed by atoms with Gasteiger partial charge in [-0.15, -0.1) is 0 Å². The van der Waals surface area contributed by atoms with Crippen molar-refractivity contribution >= 4 is 31.9 Å². The maximum atomic E-state index is 5.46. The molecule has 0 unspecified atom stereocenters. The Morgan fingerprint density at radius 2 is 0.857 bits per heavy atom. The summed E-state index contributed by atoms with van der Waals surface area (Å²) in [6, 6.07) is 0. The van der Waals surface area contributed by atoms with Crippen LogP contribution < -0.4 is 23.7 Å². The van der Waals surface area contributed by atoms with E-state index in [9.17, 15) is 0 Å². The van der Waals surface area contributed by atoms with E-state index in [1.165, 1.54) is 42.7 Å². The van der Waals surface area contributed by atoms with Gasteiger partial charge in [-0.05, 0) is 31.9 Å². The fourth-order valence-corrected chi connectivity index (χ4v) is 2.67. The second-order valence-electron chi connectivity index (χ2n) is 3.76. The summed E-state index contributed by atoms with van der Waals surface area (Å²) in [4.78, 5) is 0. The minimum atomic E-state index is -1.05. The van der Waals surface area contributed by atoms with Crippen molar-refractivity contribution < 1.29 is 28.4 Å². The molecular formula is C13H18Br2O6. The molecule has 0 N–H and O–H groups in total. The van der Waals surface area contributed by atoms with E-state index in [0.717, 1.165) is 0 Å². The average molecular weight is 430 g/mol. The van der Waals surface area contributed by atoms with E-state index in [0.29, 0.717) is 34.3 Å². The van der Waals surface area contributed by atoms with E-state index >= 15 is 0 Å². The van der Waals surface area contributed by atoms with Crippen molar-refractivity contribution in [1.29, 1.82) is 0 Å². The Bertz CT molecular complexity index is 471. The summed E-state index contributed by atoms with van der Waals surface area (Å²) in [6.07, 6.45) is 0. The highest BCUT2D eigenvalue weighted by atomic mass is 79.9. The van der Waals surface area contributed by atoms with E-state index in [4.69, 9.17) is 28.4 Å². The molecule has 0 fully saturated rings. The van der Waals surface area contributed by atoms with Crippen LogP contribution in [-0.2, 0) is 8.16 Å². The number of rotatable bonds is 7. The molecule has 0 saturated carbocycles. The fraction of sp³-hybridized carbons (Fsp3) is 0.538. The van der Waals surface area contributed by atoms with Crippen molar-refractivity contribution in [2.45, 2.75) is 3.42 Å². The molecule has 120 valence electrons. The van der Waals surface area contributed by atoms with Crippen LogP contribution in [0, 0.1) is 0 Å². The van der Waals surface area contributed by atoms with Crippen LogP contribution in [0.15, 0.2) is 0 Å². The topological polar surface area (TPSA) is 55.4 Å². The molecule has 0 aliphatic rings. The lowest BCUT2D eigenvalue weighted by molar-refractivity contribution is 0.150. The number of ether oxygens (including phenoxy) is 6. The van der Waals surface area contributed by atoms with Crippen molar-refractivity contribution in [3.63, 3.8) is 0 Å². The van der Waals surface area contributed by atoms with Gasteiger partial charge in [0.25, 0.3) is 0 Å². The average Bonchev–Trinajstić information content (AvgIpc) is 2.51. The van der Waals surface area contributed by atoms with Crippen molar-refractivity contribution in [2.24, 2.45) is 0 Å². The van der Waals surface area contributed by atoms with Gasteiger partial charge >= 0.3 is 0 Å². The molecule has 0 atom stereocenters. The normalized spacial score (nSPS) is 11.0. The van der Waals surface area contributed by atoms with Gasteiger partial charge in [-0.3, -0.25) is 0 Å². The molecule has 8 heteroatoms. The molecule has 21 heavy (non-hydrogen) atoms. The number of alkyl halides is 2. The molecular weight excluding hydrogens is 412 g/mol. The molecule has 0 amide bonds. The lowest BCUT2D eigenvalue weighted by Gasteiger charge is -2.27. The third-order valence-corrected chi connectivity index (χ3v) is 4.29. The first-order chi connectivity index (χ1) is 9.93. The van der Waals surface area contributed by atoms with Crippen molar-refractivity contribution in [1.82, 2.24) is 0 Å². The minimum absolute atomic E-state index is 0.365. The summed E-state index contributed by atoms with van der Waals surface area (Å²) in [5.74, 6) is 1.88. The SMILES string of the molecule is COc1c(OC)c(OC)c(C(Br)(Br)OC)c(OC)c1OC. The molecule has 0 radical (unpaired) electrons. The van der Waals surface area contributed by atoms with Gasteiger partial charge in [-0.25, -0.2) is 0 Å². The van der Waals surface area contributed by atoms with Crippen LogP contribution >= 0.6 is 31.9 Å². The largest absolute Gasteiger partial charge is 0.492 e. The first-order valence-electron chi connectivity index (χ1n) is 5.80. The number of benzene rings is 1. The van der Waals surface area contributed by atoms with Gasteiger partial charge in [0.1, 0.15) is 0 Å². The second-order valence-corrected chi connectivity index (χ2v) is 7.06. The minimum Gasteiger partial charge on any atom is -0.492 e. The van der Waals surface area contributed by atoms with Crippen molar-refractivity contribution in [3.8, 4) is 28.7 Å². The van der Waals surface area contributed by atoms with Crippen LogP contribution in [0.25, 0.3) is 0 Å². The fourth-order valence-electron chi connectivity index (χ4n) is 1.95. The summed E-state index contributed by atoms with van der Waals surface area (Å²) in [5, 5.41) is 0. The van der Waals surface area contributed by atoms with E-state index < -0.39 is 3.42 Å². The van der Waals surface area contributed by atoms with E-state index in [-0.39, 0.29) is 0 Å². The van der Waals surface area contributed by atoms with Gasteiger partial charge in [0, 0.05) is 7.11 Å². The molecule has 0 spiro atoms. The Morgan fingerprint density at radius 1 is 0.571 bits per heavy atom. The monoisotopic (exact) mass is 428 g/mol. The van der Waals surface area contributed by atoms with E-state index in [2.05, 4.69) is 31.9 Å². The van der Waals surface area contributed by atoms with Gasteiger partial charge in [0.2, 0.25) is 20.7 Å². The molecule has 0 aliphatic carbocycles. The number of hydrogen-bond donors (Lipinski definition) is 0. The third-order valence-electron chi connectivity index (χ3n) is 2.85. The van der Waals surface area contributed by atoms with E-state index in [1.807, 2.05) is 0 Å². The summed E-state index contributed by atoms with van der Waals surface area (Å²) in [7, 11) is 9.06. The zero-order valence-corrected chi connectivity index (χ0v) is 15.9. The Balaban J connectivity index is 3.91. The molecule has 0 aliphatic heterocycles. The van der Waals surface area contributed by atoms with Gasteiger partial charge < -0.3 is 28.4 Å². The van der Waals surface area contributed by atoms with Crippen molar-refractivity contribution in [2.75, 3.05) is 42.7 Å². The smallest absolute Gasteiger partial charge is 0.211 e. The molecule has 0 bridgehead atoms. The zero-order chi connectivity index (χ0) is 16.2. The quantitative estimate of drug-likeness (QED) is 0.620. The Hall–Kier alpha value is -0.860. The van der Waals surface area contributed by atoms with Gasteiger partial charge in [0.05, 0.1) is 41.1 Å². The van der Waals surface area contributed by atoms with Crippen LogP contribution in [0.1, 0.15) is 5.56 Å². The predicted molar refractivity (Wildman–Crippen MR) is 85.7 cm³/mol.